The molecule has 0 saturated carbocycles. The molecule has 5 rings (SSSR count). The molecule has 3 aromatic rings. The summed E-state index contributed by atoms with van der Waals surface area (Å²) < 4.78 is 10.7. The van der Waals surface area contributed by atoms with Gasteiger partial charge in [0, 0.05) is 28.2 Å². The second-order valence-electron chi connectivity index (χ2n) is 6.90. The fourth-order valence-electron chi connectivity index (χ4n) is 3.51. The number of thiazole rings is 1. The molecule has 30 heavy (non-hydrogen) atoms. The quantitative estimate of drug-likeness (QED) is 0.614. The van der Waals surface area contributed by atoms with E-state index in [4.69, 9.17) is 21.1 Å². The Morgan fingerprint density at radius 2 is 1.97 bits per heavy atom. The van der Waals surface area contributed by atoms with E-state index in [9.17, 15) is 9.59 Å². The van der Waals surface area contributed by atoms with Crippen molar-refractivity contribution in [1.29, 1.82) is 0 Å². The number of halogens is 1. The van der Waals surface area contributed by atoms with Gasteiger partial charge in [-0.15, -0.1) is 11.3 Å². The smallest absolute Gasteiger partial charge is 0.239 e. The molecule has 2 aliphatic rings. The Morgan fingerprint density at radius 1 is 1.17 bits per heavy atom. The maximum atomic E-state index is 12.7. The zero-order chi connectivity index (χ0) is 20.7. The largest absolute Gasteiger partial charge is 0.454 e. The summed E-state index contributed by atoms with van der Waals surface area (Å²) >= 11 is 7.22. The van der Waals surface area contributed by atoms with Gasteiger partial charge in [0.15, 0.2) is 16.6 Å². The zero-order valence-corrected chi connectivity index (χ0v) is 17.2. The molecule has 1 saturated heterocycles. The molecule has 1 aromatic heterocycles. The van der Waals surface area contributed by atoms with E-state index in [0.717, 1.165) is 11.3 Å². The molecule has 2 amide bonds. The number of nitrogens with zero attached hydrogens (tertiary/aromatic N) is 2. The van der Waals surface area contributed by atoms with Crippen molar-refractivity contribution in [3.63, 3.8) is 0 Å². The molecule has 152 valence electrons. The minimum absolute atomic E-state index is 0.208. The van der Waals surface area contributed by atoms with Gasteiger partial charge >= 0.3 is 0 Å². The lowest BCUT2D eigenvalue weighted by atomic mass is 10.1. The normalized spacial score (nSPS) is 17.4. The topological polar surface area (TPSA) is 80.8 Å². The second kappa shape index (κ2) is 7.62. The summed E-state index contributed by atoms with van der Waals surface area (Å²) in [5.74, 6) is 0.0708. The highest BCUT2D eigenvalue weighted by Gasteiger charge is 2.37. The van der Waals surface area contributed by atoms with Crippen LogP contribution in [0.2, 0.25) is 5.02 Å². The van der Waals surface area contributed by atoms with Gasteiger partial charge in [-0.2, -0.15) is 0 Å². The average Bonchev–Trinajstić information content (AvgIpc) is 3.47. The van der Waals surface area contributed by atoms with Crippen LogP contribution in [0.1, 0.15) is 6.42 Å². The van der Waals surface area contributed by atoms with Crippen molar-refractivity contribution in [2.24, 2.45) is 5.92 Å². The summed E-state index contributed by atoms with van der Waals surface area (Å²) in [5.41, 5.74) is 2.31. The maximum Gasteiger partial charge on any atom is 0.239 e. The molecule has 9 heteroatoms. The standard InChI is InChI=1S/C21H16ClN3O4S/c22-13-2-4-14(5-3-13)25-8-7-15(20(25)27)19(26)24-21-23-16(10-30-21)12-1-6-17-18(9-12)29-11-28-17/h1-6,9-10,15H,7-8,11H2,(H,23,24,26). The molecular formula is C21H16ClN3O4S. The lowest BCUT2D eigenvalue weighted by molar-refractivity contribution is -0.129. The molecule has 1 N–H and O–H groups in total. The number of nitrogens with one attached hydrogen (secondary N) is 1. The number of carbonyl (C=O) groups is 2. The van der Waals surface area contributed by atoms with E-state index < -0.39 is 5.92 Å². The molecule has 1 unspecified atom stereocenters. The van der Waals surface area contributed by atoms with Crippen molar-refractivity contribution in [2.75, 3.05) is 23.6 Å². The molecule has 2 aliphatic heterocycles. The average molecular weight is 442 g/mol. The van der Waals surface area contributed by atoms with Crippen LogP contribution in [0, 0.1) is 5.92 Å². The SMILES string of the molecule is O=C(Nc1nc(-c2ccc3c(c2)OCO3)cs1)C1CCN(c2ccc(Cl)cc2)C1=O. The number of hydrogen-bond donors (Lipinski definition) is 1. The van der Waals surface area contributed by atoms with Gasteiger partial charge in [0.2, 0.25) is 18.6 Å². The van der Waals surface area contributed by atoms with Gasteiger partial charge in [-0.1, -0.05) is 11.6 Å². The number of rotatable bonds is 4. The molecular weight excluding hydrogens is 426 g/mol. The van der Waals surface area contributed by atoms with Gasteiger partial charge in [0.25, 0.3) is 0 Å². The Morgan fingerprint density at radius 3 is 2.80 bits per heavy atom. The van der Waals surface area contributed by atoms with E-state index >= 15 is 0 Å². The summed E-state index contributed by atoms with van der Waals surface area (Å²) in [5, 5.41) is 5.68. The number of carbonyl (C=O) groups excluding carboxylic acids is 2. The Bertz CT molecular complexity index is 1130. The molecule has 1 fully saturated rings. The van der Waals surface area contributed by atoms with Crippen LogP contribution >= 0.6 is 22.9 Å². The number of hydrogen-bond acceptors (Lipinski definition) is 6. The predicted octanol–water partition coefficient (Wildman–Crippen LogP) is 4.18. The molecule has 3 heterocycles. The highest BCUT2D eigenvalue weighted by Crippen LogP contribution is 2.36. The van der Waals surface area contributed by atoms with Crippen LogP contribution in [0.5, 0.6) is 11.5 Å². The first-order chi connectivity index (χ1) is 14.6. The van der Waals surface area contributed by atoms with Gasteiger partial charge in [-0.05, 0) is 48.9 Å². The van der Waals surface area contributed by atoms with E-state index in [1.54, 1.807) is 29.2 Å². The second-order valence-corrected chi connectivity index (χ2v) is 8.20. The number of benzene rings is 2. The number of ether oxygens (including phenoxy) is 2. The van der Waals surface area contributed by atoms with Crippen LogP contribution < -0.4 is 19.7 Å². The van der Waals surface area contributed by atoms with Crippen LogP contribution in [-0.4, -0.2) is 30.1 Å². The third-order valence-electron chi connectivity index (χ3n) is 5.06. The highest BCUT2D eigenvalue weighted by molar-refractivity contribution is 7.14. The minimum atomic E-state index is -0.737. The third kappa shape index (κ3) is 3.48. The van der Waals surface area contributed by atoms with Gasteiger partial charge in [0.1, 0.15) is 5.92 Å². The van der Waals surface area contributed by atoms with Crippen LogP contribution in [0.25, 0.3) is 11.3 Å². The van der Waals surface area contributed by atoms with E-state index in [-0.39, 0.29) is 18.6 Å². The highest BCUT2D eigenvalue weighted by atomic mass is 35.5. The van der Waals surface area contributed by atoms with Crippen molar-refractivity contribution in [1.82, 2.24) is 4.98 Å². The third-order valence-corrected chi connectivity index (χ3v) is 6.07. The fraction of sp³-hybridized carbons (Fsp3) is 0.190. The Balaban J connectivity index is 1.27. The van der Waals surface area contributed by atoms with E-state index in [1.807, 2.05) is 23.6 Å². The molecule has 2 aromatic carbocycles. The van der Waals surface area contributed by atoms with Crippen molar-refractivity contribution >= 4 is 45.6 Å². The lowest BCUT2D eigenvalue weighted by Crippen LogP contribution is -2.33. The molecule has 0 radical (unpaired) electrons. The van der Waals surface area contributed by atoms with Gasteiger partial charge in [-0.25, -0.2) is 4.98 Å². The van der Waals surface area contributed by atoms with Crippen LogP contribution in [0.15, 0.2) is 47.8 Å². The van der Waals surface area contributed by atoms with E-state index in [0.29, 0.717) is 40.3 Å². The zero-order valence-electron chi connectivity index (χ0n) is 15.6. The monoisotopic (exact) mass is 441 g/mol. The summed E-state index contributed by atoms with van der Waals surface area (Å²) in [6.45, 7) is 0.693. The molecule has 0 spiro atoms. The van der Waals surface area contributed by atoms with Crippen molar-refractivity contribution < 1.29 is 19.1 Å². The van der Waals surface area contributed by atoms with Gasteiger partial charge in [-0.3, -0.25) is 9.59 Å². The van der Waals surface area contributed by atoms with Crippen LogP contribution in [0.3, 0.4) is 0 Å². The minimum Gasteiger partial charge on any atom is -0.454 e. The molecule has 1 atom stereocenters. The Kier molecular flexibility index (Phi) is 4.80. The molecule has 7 nitrogen and oxygen atoms in total. The van der Waals surface area contributed by atoms with Crippen LogP contribution in [0.4, 0.5) is 10.8 Å². The summed E-state index contributed by atoms with van der Waals surface area (Å²) in [6.07, 6.45) is 0.452. The number of aromatic nitrogens is 1. The van der Waals surface area contributed by atoms with Crippen molar-refractivity contribution in [2.45, 2.75) is 6.42 Å². The summed E-state index contributed by atoms with van der Waals surface area (Å²) in [7, 11) is 0. The number of anilines is 2. The number of amides is 2. The lowest BCUT2D eigenvalue weighted by Gasteiger charge is -2.16. The van der Waals surface area contributed by atoms with Crippen molar-refractivity contribution in [3.8, 4) is 22.8 Å². The Hall–Kier alpha value is -3.10. The fourth-order valence-corrected chi connectivity index (χ4v) is 4.36. The van der Waals surface area contributed by atoms with E-state index in [1.165, 1.54) is 11.3 Å². The predicted molar refractivity (Wildman–Crippen MR) is 114 cm³/mol. The van der Waals surface area contributed by atoms with Gasteiger partial charge < -0.3 is 19.7 Å². The molecule has 0 aliphatic carbocycles. The maximum absolute atomic E-state index is 12.7. The summed E-state index contributed by atoms with van der Waals surface area (Å²) in [6, 6.07) is 12.6. The first-order valence-electron chi connectivity index (χ1n) is 9.32. The van der Waals surface area contributed by atoms with Crippen molar-refractivity contribution in [3.05, 3.63) is 52.9 Å². The molecule has 0 bridgehead atoms. The van der Waals surface area contributed by atoms with Gasteiger partial charge in [0.05, 0.1) is 5.69 Å². The van der Waals surface area contributed by atoms with Crippen LogP contribution in [-0.2, 0) is 9.59 Å². The summed E-state index contributed by atoms with van der Waals surface area (Å²) in [4.78, 5) is 31.5. The Labute approximate surface area is 181 Å². The first kappa shape index (κ1) is 18.9. The van der Waals surface area contributed by atoms with E-state index in [2.05, 4.69) is 10.3 Å². The first-order valence-corrected chi connectivity index (χ1v) is 10.6. The number of fused-ring (bicyclic) bond motifs is 1.